The number of nitrogens with zero attached hydrogens (tertiary/aromatic N) is 4. The van der Waals surface area contributed by atoms with Crippen molar-refractivity contribution in [2.24, 2.45) is 0 Å². The predicted octanol–water partition coefficient (Wildman–Crippen LogP) is 2.61. The third kappa shape index (κ3) is 6.57. The van der Waals surface area contributed by atoms with E-state index in [0.29, 0.717) is 17.4 Å². The Morgan fingerprint density at radius 1 is 1.09 bits per heavy atom. The van der Waals surface area contributed by atoms with E-state index in [0.717, 1.165) is 43.3 Å². The van der Waals surface area contributed by atoms with Crippen LogP contribution in [0.4, 0.5) is 11.4 Å². The topological polar surface area (TPSA) is 110 Å². The Morgan fingerprint density at radius 3 is 2.49 bits per heavy atom. The number of hydrogen-bond acceptors (Lipinski definition) is 8. The van der Waals surface area contributed by atoms with Gasteiger partial charge in [0.25, 0.3) is 0 Å². The molecule has 2 heterocycles. The van der Waals surface area contributed by atoms with E-state index in [2.05, 4.69) is 20.4 Å². The van der Waals surface area contributed by atoms with Gasteiger partial charge in [0.05, 0.1) is 26.9 Å². The normalized spacial score (nSPS) is 13.4. The average molecular weight is 480 g/mol. The zero-order valence-corrected chi connectivity index (χ0v) is 19.9. The van der Waals surface area contributed by atoms with Crippen LogP contribution in [-0.4, -0.2) is 73.9 Å². The zero-order chi connectivity index (χ0) is 24.6. The molecule has 1 aliphatic heterocycles. The number of hydrogen-bond donors (Lipinski definition) is 1. The Bertz CT molecular complexity index is 1120. The molecule has 0 atom stereocenters. The Morgan fingerprint density at radius 2 is 1.80 bits per heavy atom. The van der Waals surface area contributed by atoms with Gasteiger partial charge in [0, 0.05) is 49.9 Å². The molecule has 3 aromatic rings. The number of morpholine rings is 1. The molecule has 0 saturated carbocycles. The van der Waals surface area contributed by atoms with Gasteiger partial charge in [-0.3, -0.25) is 9.59 Å². The molecule has 35 heavy (non-hydrogen) atoms. The van der Waals surface area contributed by atoms with Crippen molar-refractivity contribution in [3.63, 3.8) is 0 Å². The van der Waals surface area contributed by atoms with Gasteiger partial charge in [0.15, 0.2) is 0 Å². The van der Waals surface area contributed by atoms with E-state index in [1.54, 1.807) is 14.2 Å². The van der Waals surface area contributed by atoms with Gasteiger partial charge in [0.2, 0.25) is 23.5 Å². The molecule has 10 heteroatoms. The quantitative estimate of drug-likeness (QED) is 0.499. The molecule has 1 N–H and O–H groups in total. The van der Waals surface area contributed by atoms with Crippen molar-refractivity contribution in [1.29, 1.82) is 0 Å². The maximum atomic E-state index is 12.5. The van der Waals surface area contributed by atoms with Gasteiger partial charge in [-0.15, -0.1) is 0 Å². The van der Waals surface area contributed by atoms with E-state index in [9.17, 15) is 9.59 Å². The van der Waals surface area contributed by atoms with Crippen LogP contribution in [-0.2, 0) is 20.7 Å². The first-order chi connectivity index (χ1) is 17.0. The van der Waals surface area contributed by atoms with Crippen molar-refractivity contribution in [3.8, 4) is 17.1 Å². The van der Waals surface area contributed by atoms with Gasteiger partial charge < -0.3 is 29.1 Å². The molecule has 184 valence electrons. The van der Waals surface area contributed by atoms with E-state index >= 15 is 0 Å². The fraction of sp³-hybridized carbons (Fsp3) is 0.360. The van der Waals surface area contributed by atoms with Crippen molar-refractivity contribution >= 4 is 23.2 Å². The van der Waals surface area contributed by atoms with Gasteiger partial charge in [-0.2, -0.15) is 4.98 Å². The first kappa shape index (κ1) is 24.2. The molecule has 0 spiro atoms. The Kier molecular flexibility index (Phi) is 7.94. The molecule has 1 saturated heterocycles. The highest BCUT2D eigenvalue weighted by molar-refractivity contribution is 5.94. The minimum atomic E-state index is -0.264. The van der Waals surface area contributed by atoms with Crippen molar-refractivity contribution in [1.82, 2.24) is 15.0 Å². The lowest BCUT2D eigenvalue weighted by atomic mass is 10.2. The highest BCUT2D eigenvalue weighted by Crippen LogP contribution is 2.21. The number of rotatable bonds is 9. The molecular formula is C25H29N5O5. The van der Waals surface area contributed by atoms with Gasteiger partial charge in [0.1, 0.15) is 5.75 Å². The summed E-state index contributed by atoms with van der Waals surface area (Å²) in [4.78, 5) is 32.9. The summed E-state index contributed by atoms with van der Waals surface area (Å²) < 4.78 is 15.8. The number of ether oxygens (including phenoxy) is 2. The van der Waals surface area contributed by atoms with Crippen LogP contribution in [0.2, 0.25) is 0 Å². The van der Waals surface area contributed by atoms with Crippen LogP contribution >= 0.6 is 0 Å². The highest BCUT2D eigenvalue weighted by Gasteiger charge is 2.16. The fourth-order valence-corrected chi connectivity index (χ4v) is 3.70. The van der Waals surface area contributed by atoms with E-state index in [1.165, 1.54) is 4.90 Å². The van der Waals surface area contributed by atoms with Crippen LogP contribution < -0.4 is 15.0 Å². The number of anilines is 2. The van der Waals surface area contributed by atoms with Crippen molar-refractivity contribution in [2.75, 3.05) is 57.2 Å². The molecule has 10 nitrogen and oxygen atoms in total. The molecule has 0 bridgehead atoms. The zero-order valence-electron chi connectivity index (χ0n) is 19.9. The summed E-state index contributed by atoms with van der Waals surface area (Å²) in [7, 11) is 3.20. The summed E-state index contributed by atoms with van der Waals surface area (Å²) in [5.41, 5.74) is 2.57. The minimum Gasteiger partial charge on any atom is -0.497 e. The van der Waals surface area contributed by atoms with E-state index < -0.39 is 0 Å². The maximum Gasteiger partial charge on any atom is 0.243 e. The molecule has 1 aliphatic rings. The molecule has 1 aromatic heterocycles. The van der Waals surface area contributed by atoms with Crippen LogP contribution in [0.15, 0.2) is 53.1 Å². The van der Waals surface area contributed by atoms with Crippen LogP contribution in [0, 0.1) is 0 Å². The number of aromatic nitrogens is 2. The summed E-state index contributed by atoms with van der Waals surface area (Å²) in [6.45, 7) is 3.09. The van der Waals surface area contributed by atoms with Crippen LogP contribution in [0.1, 0.15) is 12.3 Å². The Balaban J connectivity index is 1.22. The first-order valence-electron chi connectivity index (χ1n) is 11.5. The van der Waals surface area contributed by atoms with Gasteiger partial charge in [-0.05, 0) is 48.5 Å². The van der Waals surface area contributed by atoms with Crippen molar-refractivity contribution in [2.45, 2.75) is 12.8 Å². The van der Waals surface area contributed by atoms with E-state index in [4.69, 9.17) is 14.0 Å². The molecule has 0 unspecified atom stereocenters. The lowest BCUT2D eigenvalue weighted by molar-refractivity contribution is -0.133. The molecule has 1 fully saturated rings. The largest absolute Gasteiger partial charge is 0.497 e. The van der Waals surface area contributed by atoms with E-state index in [-0.39, 0.29) is 31.2 Å². The second-order valence-electron chi connectivity index (χ2n) is 8.18. The average Bonchev–Trinajstić information content (AvgIpc) is 3.37. The predicted molar refractivity (Wildman–Crippen MR) is 130 cm³/mol. The second kappa shape index (κ2) is 11.5. The number of nitrogens with one attached hydrogen (secondary N) is 1. The van der Waals surface area contributed by atoms with Gasteiger partial charge in [-0.25, -0.2) is 0 Å². The van der Waals surface area contributed by atoms with Gasteiger partial charge >= 0.3 is 0 Å². The number of carbonyl (C=O) groups is 2. The monoisotopic (exact) mass is 479 g/mol. The summed E-state index contributed by atoms with van der Waals surface area (Å²) in [5.74, 6) is 1.09. The van der Waals surface area contributed by atoms with Crippen molar-refractivity contribution in [3.05, 3.63) is 54.4 Å². The van der Waals surface area contributed by atoms with Gasteiger partial charge in [-0.1, -0.05) is 5.16 Å². The van der Waals surface area contributed by atoms with Crippen LogP contribution in [0.3, 0.4) is 0 Å². The lowest BCUT2D eigenvalue weighted by Crippen LogP contribution is -2.36. The SMILES string of the molecule is COc1ccc(-c2noc(CCC(=O)N(C)CC(=O)Nc3ccc(N4CCOCC4)cc3)n2)cc1. The lowest BCUT2D eigenvalue weighted by Gasteiger charge is -2.28. The Labute approximate surface area is 203 Å². The minimum absolute atomic E-state index is 0.0506. The van der Waals surface area contributed by atoms with E-state index in [1.807, 2.05) is 48.5 Å². The molecule has 0 radical (unpaired) electrons. The first-order valence-corrected chi connectivity index (χ1v) is 11.5. The van der Waals surface area contributed by atoms with Crippen LogP contribution in [0.5, 0.6) is 5.75 Å². The Hall–Kier alpha value is -3.92. The summed E-state index contributed by atoms with van der Waals surface area (Å²) in [6, 6.07) is 15.0. The number of benzene rings is 2. The number of methoxy groups -OCH3 is 1. The number of likely N-dealkylation sites (N-methyl/N-ethyl adjacent to an activating group) is 1. The smallest absolute Gasteiger partial charge is 0.243 e. The summed E-state index contributed by atoms with van der Waals surface area (Å²) >= 11 is 0. The third-order valence-electron chi connectivity index (χ3n) is 5.70. The summed E-state index contributed by atoms with van der Waals surface area (Å²) in [5, 5.41) is 6.81. The number of carbonyl (C=O) groups excluding carboxylic acids is 2. The fourth-order valence-electron chi connectivity index (χ4n) is 3.70. The van der Waals surface area contributed by atoms with Crippen molar-refractivity contribution < 1.29 is 23.6 Å². The maximum absolute atomic E-state index is 12.5. The summed E-state index contributed by atoms with van der Waals surface area (Å²) in [6.07, 6.45) is 0.444. The van der Waals surface area contributed by atoms with Crippen LogP contribution in [0.25, 0.3) is 11.4 Å². The molecule has 4 rings (SSSR count). The third-order valence-corrected chi connectivity index (χ3v) is 5.70. The molecule has 2 amide bonds. The highest BCUT2D eigenvalue weighted by atomic mass is 16.5. The second-order valence-corrected chi connectivity index (χ2v) is 8.18. The standard InChI is InChI=1S/C25H29N5O5/c1-29(17-22(31)26-19-5-7-20(8-6-19)30-13-15-34-16-14-30)24(32)12-11-23-27-25(28-35-23)18-3-9-21(33-2)10-4-18/h3-10H,11-17H2,1-2H3,(H,26,31). The molecular weight excluding hydrogens is 450 g/mol. The number of amides is 2. The molecule has 2 aromatic carbocycles. The molecule has 0 aliphatic carbocycles. The number of aryl methyl sites for hydroxylation is 1.